The molecule has 0 aromatic heterocycles. The molecule has 3 rings (SSSR count). The molecular formula is C11H18N2O. The van der Waals surface area contributed by atoms with Gasteiger partial charge >= 0.3 is 0 Å². The maximum absolute atomic E-state index is 12.0. The Morgan fingerprint density at radius 1 is 1.29 bits per heavy atom. The van der Waals surface area contributed by atoms with Gasteiger partial charge in [-0.15, -0.1) is 0 Å². The predicted octanol–water partition coefficient (Wildman–Crippen LogP) is 0.735. The Labute approximate surface area is 84.6 Å². The molecule has 0 spiro atoms. The summed E-state index contributed by atoms with van der Waals surface area (Å²) < 4.78 is 0. The molecule has 2 N–H and O–H groups in total. The lowest BCUT2D eigenvalue weighted by Crippen LogP contribution is -2.51. The molecule has 3 unspecified atom stereocenters. The highest BCUT2D eigenvalue weighted by atomic mass is 16.2. The normalized spacial score (nSPS) is 41.5. The van der Waals surface area contributed by atoms with E-state index in [2.05, 4.69) is 4.90 Å². The maximum atomic E-state index is 12.0. The van der Waals surface area contributed by atoms with Crippen molar-refractivity contribution in [2.24, 2.45) is 17.6 Å². The molecule has 0 aromatic rings. The van der Waals surface area contributed by atoms with Crippen LogP contribution in [0.3, 0.4) is 0 Å². The van der Waals surface area contributed by atoms with Crippen LogP contribution in [-0.4, -0.2) is 29.4 Å². The number of hydrogen-bond acceptors (Lipinski definition) is 2. The summed E-state index contributed by atoms with van der Waals surface area (Å²) in [6.07, 6.45) is 5.77. The average molecular weight is 194 g/mol. The number of likely N-dealkylation sites (tertiary alicyclic amines) is 1. The van der Waals surface area contributed by atoms with Crippen LogP contribution in [0.15, 0.2) is 0 Å². The average Bonchev–Trinajstić information content (AvgIpc) is 2.58. The number of nitrogens with zero attached hydrogens (tertiary/aromatic N) is 1. The highest BCUT2D eigenvalue weighted by molar-refractivity contribution is 5.80. The third-order valence-electron chi connectivity index (χ3n) is 4.27. The summed E-state index contributed by atoms with van der Waals surface area (Å²) >= 11 is 0. The number of carbonyl (C=O) groups is 1. The summed E-state index contributed by atoms with van der Waals surface area (Å²) in [4.78, 5) is 14.1. The highest BCUT2D eigenvalue weighted by Crippen LogP contribution is 2.39. The number of rotatable bonds is 1. The summed E-state index contributed by atoms with van der Waals surface area (Å²) in [6.45, 7) is 0.994. The minimum Gasteiger partial charge on any atom is -0.338 e. The van der Waals surface area contributed by atoms with Crippen molar-refractivity contribution in [1.29, 1.82) is 0 Å². The molecule has 3 atom stereocenters. The Bertz CT molecular complexity index is 262. The van der Waals surface area contributed by atoms with Crippen LogP contribution in [0.25, 0.3) is 0 Å². The second kappa shape index (κ2) is 2.96. The quantitative estimate of drug-likeness (QED) is 0.669. The topological polar surface area (TPSA) is 46.3 Å². The van der Waals surface area contributed by atoms with E-state index in [4.69, 9.17) is 5.73 Å². The van der Waals surface area contributed by atoms with Gasteiger partial charge in [0.15, 0.2) is 0 Å². The minimum atomic E-state index is 0.262. The minimum absolute atomic E-state index is 0.262. The first-order chi connectivity index (χ1) is 6.75. The number of nitrogens with two attached hydrogens (primary N) is 1. The molecule has 0 aromatic carbocycles. The van der Waals surface area contributed by atoms with E-state index in [9.17, 15) is 4.79 Å². The van der Waals surface area contributed by atoms with Gasteiger partial charge < -0.3 is 10.6 Å². The number of piperidine rings is 1. The second-order valence-electron chi connectivity index (χ2n) is 5.19. The van der Waals surface area contributed by atoms with Crippen molar-refractivity contribution in [3.8, 4) is 0 Å². The molecule has 78 valence electrons. The first-order valence-electron chi connectivity index (χ1n) is 5.82. The fraction of sp³-hybridized carbons (Fsp3) is 0.909. The van der Waals surface area contributed by atoms with Crippen molar-refractivity contribution in [3.63, 3.8) is 0 Å². The van der Waals surface area contributed by atoms with Gasteiger partial charge in [0, 0.05) is 24.5 Å². The summed E-state index contributed by atoms with van der Waals surface area (Å²) in [5.74, 6) is 1.46. The van der Waals surface area contributed by atoms with Crippen LogP contribution in [0, 0.1) is 11.8 Å². The largest absolute Gasteiger partial charge is 0.338 e. The zero-order valence-corrected chi connectivity index (χ0v) is 8.48. The molecule has 2 bridgehead atoms. The van der Waals surface area contributed by atoms with Crippen LogP contribution in [-0.2, 0) is 4.79 Å². The SMILES string of the molecule is NC1CC2CC1N(C(=O)C1CCC1)C2. The van der Waals surface area contributed by atoms with Gasteiger partial charge in [-0.05, 0) is 31.6 Å². The lowest BCUT2D eigenvalue weighted by atomic mass is 9.84. The Balaban J connectivity index is 1.71. The van der Waals surface area contributed by atoms with Crippen LogP contribution in [0.1, 0.15) is 32.1 Å². The van der Waals surface area contributed by atoms with Crippen LogP contribution < -0.4 is 5.73 Å². The number of carbonyl (C=O) groups excluding carboxylic acids is 1. The highest BCUT2D eigenvalue weighted by Gasteiger charge is 2.46. The van der Waals surface area contributed by atoms with Crippen molar-refractivity contribution in [1.82, 2.24) is 4.90 Å². The first-order valence-corrected chi connectivity index (χ1v) is 5.82. The van der Waals surface area contributed by atoms with Gasteiger partial charge in [0.2, 0.25) is 5.91 Å². The molecule has 1 saturated heterocycles. The fourth-order valence-electron chi connectivity index (χ4n) is 3.22. The van der Waals surface area contributed by atoms with Gasteiger partial charge in [0.05, 0.1) is 0 Å². The van der Waals surface area contributed by atoms with E-state index in [1.165, 1.54) is 12.8 Å². The lowest BCUT2D eigenvalue weighted by molar-refractivity contribution is -0.140. The van der Waals surface area contributed by atoms with Crippen molar-refractivity contribution >= 4 is 5.91 Å². The van der Waals surface area contributed by atoms with E-state index in [1.807, 2.05) is 0 Å². The molecule has 1 aliphatic heterocycles. The van der Waals surface area contributed by atoms with Gasteiger partial charge in [-0.25, -0.2) is 0 Å². The molecule has 1 amide bonds. The molecule has 3 heteroatoms. The van der Waals surface area contributed by atoms with E-state index in [0.717, 1.165) is 25.8 Å². The molecule has 3 nitrogen and oxygen atoms in total. The van der Waals surface area contributed by atoms with Gasteiger partial charge in [-0.1, -0.05) is 6.42 Å². The Kier molecular flexibility index (Phi) is 1.84. The Hall–Kier alpha value is -0.570. The molecule has 3 fully saturated rings. The number of hydrogen-bond donors (Lipinski definition) is 1. The van der Waals surface area contributed by atoms with Crippen LogP contribution >= 0.6 is 0 Å². The maximum Gasteiger partial charge on any atom is 0.225 e. The molecule has 2 aliphatic carbocycles. The molecule has 1 heterocycles. The molecule has 0 radical (unpaired) electrons. The first kappa shape index (κ1) is 8.72. The standard InChI is InChI=1S/C11H18N2O/c12-9-4-7-5-10(9)13(6-7)11(14)8-2-1-3-8/h7-10H,1-6,12H2. The zero-order valence-electron chi connectivity index (χ0n) is 8.48. The molecule has 14 heavy (non-hydrogen) atoms. The Morgan fingerprint density at radius 2 is 2.07 bits per heavy atom. The van der Waals surface area contributed by atoms with E-state index >= 15 is 0 Å². The smallest absolute Gasteiger partial charge is 0.225 e. The van der Waals surface area contributed by atoms with E-state index in [-0.39, 0.29) is 6.04 Å². The second-order valence-corrected chi connectivity index (χ2v) is 5.19. The molecule has 2 saturated carbocycles. The van der Waals surface area contributed by atoms with E-state index in [1.54, 1.807) is 0 Å². The van der Waals surface area contributed by atoms with Crippen molar-refractivity contribution in [2.45, 2.75) is 44.2 Å². The predicted molar refractivity (Wildman–Crippen MR) is 53.5 cm³/mol. The number of fused-ring (bicyclic) bond motifs is 2. The molecular weight excluding hydrogens is 176 g/mol. The van der Waals surface area contributed by atoms with Crippen molar-refractivity contribution < 1.29 is 4.79 Å². The van der Waals surface area contributed by atoms with Crippen LogP contribution in [0.2, 0.25) is 0 Å². The van der Waals surface area contributed by atoms with Gasteiger partial charge in [0.1, 0.15) is 0 Å². The fourth-order valence-corrected chi connectivity index (χ4v) is 3.22. The number of amides is 1. The third kappa shape index (κ3) is 1.11. The van der Waals surface area contributed by atoms with Gasteiger partial charge in [0.25, 0.3) is 0 Å². The lowest BCUT2D eigenvalue weighted by Gasteiger charge is -2.36. The summed E-state index contributed by atoms with van der Waals surface area (Å²) in [5.41, 5.74) is 6.01. The summed E-state index contributed by atoms with van der Waals surface area (Å²) in [6, 6.07) is 0.644. The summed E-state index contributed by atoms with van der Waals surface area (Å²) in [7, 11) is 0. The monoisotopic (exact) mass is 194 g/mol. The molecule has 3 aliphatic rings. The van der Waals surface area contributed by atoms with Gasteiger partial charge in [-0.3, -0.25) is 4.79 Å². The van der Waals surface area contributed by atoms with Crippen LogP contribution in [0.4, 0.5) is 0 Å². The third-order valence-corrected chi connectivity index (χ3v) is 4.27. The van der Waals surface area contributed by atoms with E-state index < -0.39 is 0 Å². The summed E-state index contributed by atoms with van der Waals surface area (Å²) in [5, 5.41) is 0. The van der Waals surface area contributed by atoms with Gasteiger partial charge in [-0.2, -0.15) is 0 Å². The van der Waals surface area contributed by atoms with Crippen LogP contribution in [0.5, 0.6) is 0 Å². The van der Waals surface area contributed by atoms with Crippen molar-refractivity contribution in [3.05, 3.63) is 0 Å². The van der Waals surface area contributed by atoms with Crippen molar-refractivity contribution in [2.75, 3.05) is 6.54 Å². The Morgan fingerprint density at radius 3 is 2.57 bits per heavy atom. The zero-order chi connectivity index (χ0) is 9.71. The van der Waals surface area contributed by atoms with E-state index in [0.29, 0.717) is 23.8 Å².